The summed E-state index contributed by atoms with van der Waals surface area (Å²) in [6, 6.07) is 6.36. The molecule has 23 heavy (non-hydrogen) atoms. The molecule has 1 aliphatic rings. The van der Waals surface area contributed by atoms with E-state index in [1.807, 2.05) is 0 Å². The molecule has 3 heteroatoms. The van der Waals surface area contributed by atoms with E-state index in [1.165, 1.54) is 80.2 Å². The zero-order valence-electron chi connectivity index (χ0n) is 15.4. The van der Waals surface area contributed by atoms with Crippen LogP contribution in [0.3, 0.4) is 0 Å². The number of nitrogens with zero attached hydrogens (tertiary/aromatic N) is 1. The van der Waals surface area contributed by atoms with E-state index in [0.717, 1.165) is 12.4 Å². The third kappa shape index (κ3) is 7.24. The van der Waals surface area contributed by atoms with E-state index >= 15 is 0 Å². The molecule has 1 aromatic rings. The molecule has 0 aliphatic carbocycles. The average Bonchev–Trinajstić information content (AvgIpc) is 2.70. The molecule has 0 N–H and O–H groups in total. The number of benzene rings is 1. The number of quaternary nitrogens is 1. The van der Waals surface area contributed by atoms with Gasteiger partial charge < -0.3 is 9.22 Å². The van der Waals surface area contributed by atoms with Crippen molar-refractivity contribution in [3.8, 4) is 5.75 Å². The Labute approximate surface area is 168 Å². The van der Waals surface area contributed by atoms with Gasteiger partial charge in [0.1, 0.15) is 5.75 Å². The van der Waals surface area contributed by atoms with Crippen LogP contribution in [0.2, 0.25) is 0 Å². The van der Waals surface area contributed by atoms with Crippen LogP contribution in [0, 0.1) is 13.8 Å². The number of aryl methyl sites for hydroxylation is 2. The van der Waals surface area contributed by atoms with Gasteiger partial charge >= 0.3 is 0 Å². The van der Waals surface area contributed by atoms with E-state index in [1.54, 1.807) is 0 Å². The number of hydrogen-bond donors (Lipinski definition) is 0. The molecule has 0 saturated carbocycles. The fourth-order valence-corrected chi connectivity index (χ4v) is 3.65. The minimum atomic E-state index is 0. The second-order valence-electron chi connectivity index (χ2n) is 7.33. The fraction of sp³-hybridized carbons (Fsp3) is 0.700. The molecule has 2 nitrogen and oxygen atoms in total. The minimum Gasteiger partial charge on any atom is -0.493 e. The van der Waals surface area contributed by atoms with Gasteiger partial charge in [0.05, 0.1) is 33.3 Å². The Morgan fingerprint density at radius 1 is 0.913 bits per heavy atom. The molecule has 1 aliphatic heterocycles. The van der Waals surface area contributed by atoms with Gasteiger partial charge in [-0.05, 0) is 69.9 Å². The van der Waals surface area contributed by atoms with Gasteiger partial charge in [0, 0.05) is 32.7 Å². The smallest absolute Gasteiger partial charge is 0.125 e. The SMILES string of the molecule is Cc1cccc(C)c1OCCCCC[N+]1(C)CCCCCC1.[Y]. The molecule has 0 bridgehead atoms. The molecule has 0 aromatic heterocycles. The standard InChI is InChI=1S/C20H34NO.Y/c1-18-12-11-13-19(2)20(18)22-17-10-6-9-16-21(3)14-7-4-5-8-15-21;/h11-13H,4-10,14-17H2,1-3H3;/q+1;. The van der Waals surface area contributed by atoms with Gasteiger partial charge in [-0.1, -0.05) is 18.2 Å². The van der Waals surface area contributed by atoms with Crippen molar-refractivity contribution in [2.75, 3.05) is 33.3 Å². The van der Waals surface area contributed by atoms with E-state index in [9.17, 15) is 0 Å². The topological polar surface area (TPSA) is 9.23 Å². The summed E-state index contributed by atoms with van der Waals surface area (Å²) in [4.78, 5) is 0. The first kappa shape index (κ1) is 21.1. The van der Waals surface area contributed by atoms with Crippen molar-refractivity contribution in [3.63, 3.8) is 0 Å². The predicted molar refractivity (Wildman–Crippen MR) is 94.5 cm³/mol. The molecular formula is C20H34NOY+. The van der Waals surface area contributed by atoms with E-state index < -0.39 is 0 Å². The van der Waals surface area contributed by atoms with E-state index in [4.69, 9.17) is 4.74 Å². The van der Waals surface area contributed by atoms with Crippen molar-refractivity contribution in [3.05, 3.63) is 29.3 Å². The number of likely N-dealkylation sites (tertiary alicyclic amines) is 1. The zero-order valence-corrected chi connectivity index (χ0v) is 18.3. The van der Waals surface area contributed by atoms with Gasteiger partial charge in [-0.2, -0.15) is 0 Å². The first-order valence-electron chi connectivity index (χ1n) is 9.13. The van der Waals surface area contributed by atoms with Crippen LogP contribution in [0.5, 0.6) is 5.75 Å². The molecule has 1 aromatic carbocycles. The van der Waals surface area contributed by atoms with Gasteiger partial charge in [-0.15, -0.1) is 0 Å². The molecule has 0 atom stereocenters. The van der Waals surface area contributed by atoms with Crippen molar-refractivity contribution in [1.82, 2.24) is 0 Å². The number of rotatable bonds is 7. The Bertz CT molecular complexity index is 433. The van der Waals surface area contributed by atoms with Crippen molar-refractivity contribution in [2.24, 2.45) is 0 Å². The van der Waals surface area contributed by atoms with E-state index in [2.05, 4.69) is 39.1 Å². The number of para-hydroxylation sites is 1. The van der Waals surface area contributed by atoms with Crippen molar-refractivity contribution < 1.29 is 41.9 Å². The molecule has 2 rings (SSSR count). The van der Waals surface area contributed by atoms with Crippen LogP contribution in [-0.2, 0) is 32.7 Å². The quantitative estimate of drug-likeness (QED) is 0.474. The summed E-state index contributed by atoms with van der Waals surface area (Å²) in [5, 5.41) is 0. The molecule has 1 radical (unpaired) electrons. The summed E-state index contributed by atoms with van der Waals surface area (Å²) < 4.78 is 7.30. The number of ether oxygens (including phenoxy) is 1. The normalized spacial score (nSPS) is 17.2. The summed E-state index contributed by atoms with van der Waals surface area (Å²) in [5.74, 6) is 1.09. The van der Waals surface area contributed by atoms with Crippen LogP contribution in [0.4, 0.5) is 0 Å². The van der Waals surface area contributed by atoms with Crippen LogP contribution in [0.15, 0.2) is 18.2 Å². The zero-order chi connectivity index (χ0) is 15.8. The third-order valence-corrected chi connectivity index (χ3v) is 5.14. The Morgan fingerprint density at radius 2 is 1.52 bits per heavy atom. The summed E-state index contributed by atoms with van der Waals surface area (Å²) in [5.41, 5.74) is 2.50. The summed E-state index contributed by atoms with van der Waals surface area (Å²) in [6.07, 6.45) is 9.53. The summed E-state index contributed by atoms with van der Waals surface area (Å²) in [7, 11) is 2.46. The molecule has 1 heterocycles. The maximum Gasteiger partial charge on any atom is 0.125 e. The fourth-order valence-electron chi connectivity index (χ4n) is 3.65. The third-order valence-electron chi connectivity index (χ3n) is 5.14. The maximum atomic E-state index is 6.00. The van der Waals surface area contributed by atoms with Crippen molar-refractivity contribution in [2.45, 2.75) is 58.8 Å². The van der Waals surface area contributed by atoms with Crippen LogP contribution in [0.1, 0.15) is 56.1 Å². The molecule has 1 fully saturated rings. The van der Waals surface area contributed by atoms with E-state index in [-0.39, 0.29) is 32.7 Å². The maximum absolute atomic E-state index is 6.00. The van der Waals surface area contributed by atoms with E-state index in [0.29, 0.717) is 0 Å². The Morgan fingerprint density at radius 3 is 2.13 bits per heavy atom. The largest absolute Gasteiger partial charge is 0.493 e. The summed E-state index contributed by atoms with van der Waals surface area (Å²) in [6.45, 7) is 9.25. The van der Waals surface area contributed by atoms with Gasteiger partial charge in [0.2, 0.25) is 0 Å². The first-order chi connectivity index (χ1) is 10.6. The second-order valence-corrected chi connectivity index (χ2v) is 7.33. The van der Waals surface area contributed by atoms with Crippen molar-refractivity contribution in [1.29, 1.82) is 0 Å². The second kappa shape index (κ2) is 10.8. The number of unbranched alkanes of at least 4 members (excludes halogenated alkanes) is 2. The van der Waals surface area contributed by atoms with Crippen LogP contribution in [0.25, 0.3) is 0 Å². The Balaban J connectivity index is 0.00000264. The van der Waals surface area contributed by atoms with Crippen LogP contribution < -0.4 is 4.74 Å². The van der Waals surface area contributed by atoms with Gasteiger partial charge in [0.25, 0.3) is 0 Å². The van der Waals surface area contributed by atoms with Gasteiger partial charge in [-0.3, -0.25) is 0 Å². The minimum absolute atomic E-state index is 0. The molecule has 1 saturated heterocycles. The average molecular weight is 393 g/mol. The first-order valence-corrected chi connectivity index (χ1v) is 9.13. The molecule has 0 amide bonds. The predicted octanol–water partition coefficient (Wildman–Crippen LogP) is 4.87. The van der Waals surface area contributed by atoms with Gasteiger partial charge in [0.15, 0.2) is 0 Å². The number of hydrogen-bond acceptors (Lipinski definition) is 1. The molecule has 0 unspecified atom stereocenters. The molecular weight excluding hydrogens is 359 g/mol. The molecule has 127 valence electrons. The van der Waals surface area contributed by atoms with Crippen LogP contribution in [-0.4, -0.2) is 37.8 Å². The Kier molecular flexibility index (Phi) is 9.96. The van der Waals surface area contributed by atoms with Crippen LogP contribution >= 0.6 is 0 Å². The Hall–Kier alpha value is 0.0839. The monoisotopic (exact) mass is 393 g/mol. The van der Waals surface area contributed by atoms with Crippen molar-refractivity contribution >= 4 is 0 Å². The summed E-state index contributed by atoms with van der Waals surface area (Å²) >= 11 is 0. The molecule has 0 spiro atoms. The van der Waals surface area contributed by atoms with Gasteiger partial charge in [-0.25, -0.2) is 0 Å².